The van der Waals surface area contributed by atoms with Gasteiger partial charge in [0.25, 0.3) is 0 Å². The first-order chi connectivity index (χ1) is 9.16. The summed E-state index contributed by atoms with van der Waals surface area (Å²) >= 11 is 0. The molecule has 0 atom stereocenters. The largest absolute Gasteiger partial charge is 0.477 e. The predicted molar refractivity (Wildman–Crippen MR) is 67.7 cm³/mol. The number of morpholine rings is 1. The van der Waals surface area contributed by atoms with E-state index >= 15 is 0 Å². The zero-order valence-corrected chi connectivity index (χ0v) is 10.5. The molecule has 0 unspecified atom stereocenters. The average Bonchev–Trinajstić information content (AvgIpc) is 2.84. The normalized spacial score (nSPS) is 15.9. The van der Waals surface area contributed by atoms with Crippen molar-refractivity contribution < 1.29 is 14.6 Å². The maximum absolute atomic E-state index is 11.1. The Bertz CT molecular complexity index is 631. The first-order valence-electron chi connectivity index (χ1n) is 6.08. The summed E-state index contributed by atoms with van der Waals surface area (Å²) in [4.78, 5) is 17.7. The second-order valence-corrected chi connectivity index (χ2v) is 4.45. The fourth-order valence-electron chi connectivity index (χ4n) is 2.20. The molecule has 1 N–H and O–H groups in total. The van der Waals surface area contributed by atoms with Crippen LogP contribution >= 0.6 is 0 Å². The van der Waals surface area contributed by atoms with Crippen LogP contribution in [0.25, 0.3) is 5.65 Å². The summed E-state index contributed by atoms with van der Waals surface area (Å²) in [6.45, 7) is 4.74. The number of carboxylic acids is 1. The highest BCUT2D eigenvalue weighted by molar-refractivity contribution is 5.94. The number of aryl methyl sites for hydroxylation is 1. The van der Waals surface area contributed by atoms with E-state index in [-0.39, 0.29) is 5.56 Å². The molecule has 7 heteroatoms. The quantitative estimate of drug-likeness (QED) is 0.852. The smallest absolute Gasteiger partial charge is 0.341 e. The molecule has 1 saturated heterocycles. The number of rotatable bonds is 2. The minimum absolute atomic E-state index is 0.123. The highest BCUT2D eigenvalue weighted by Crippen LogP contribution is 2.19. The van der Waals surface area contributed by atoms with Crippen molar-refractivity contribution in [3.8, 4) is 0 Å². The molecule has 1 aliphatic rings. The molecule has 0 amide bonds. The van der Waals surface area contributed by atoms with Crippen molar-refractivity contribution in [2.75, 3.05) is 31.2 Å². The fraction of sp³-hybridized carbons (Fsp3) is 0.417. The zero-order valence-electron chi connectivity index (χ0n) is 10.5. The Morgan fingerprint density at radius 3 is 2.84 bits per heavy atom. The van der Waals surface area contributed by atoms with Gasteiger partial charge in [0, 0.05) is 24.8 Å². The van der Waals surface area contributed by atoms with Crippen LogP contribution in [0.4, 0.5) is 5.82 Å². The topological polar surface area (TPSA) is 80.0 Å². The third kappa shape index (κ3) is 2.01. The summed E-state index contributed by atoms with van der Waals surface area (Å²) in [7, 11) is 0. The third-order valence-electron chi connectivity index (χ3n) is 3.20. The van der Waals surface area contributed by atoms with Crippen LogP contribution in [0.1, 0.15) is 16.1 Å². The Balaban J connectivity index is 2.10. The predicted octanol–water partition coefficient (Wildman–Crippen LogP) is 0.573. The molecule has 0 radical (unpaired) electrons. The van der Waals surface area contributed by atoms with E-state index in [0.717, 1.165) is 24.6 Å². The molecule has 3 rings (SSSR count). The number of anilines is 1. The molecule has 1 aliphatic heterocycles. The SMILES string of the molecule is Cc1cc(N2CCOCC2)nc2c(C(=O)O)cnn12. The highest BCUT2D eigenvalue weighted by atomic mass is 16.5. The molecule has 0 spiro atoms. The van der Waals surface area contributed by atoms with Gasteiger partial charge in [0.15, 0.2) is 5.65 Å². The van der Waals surface area contributed by atoms with Gasteiger partial charge >= 0.3 is 5.97 Å². The van der Waals surface area contributed by atoms with Gasteiger partial charge in [-0.05, 0) is 6.92 Å². The lowest BCUT2D eigenvalue weighted by Gasteiger charge is -2.28. The van der Waals surface area contributed by atoms with E-state index in [1.54, 1.807) is 4.52 Å². The molecule has 19 heavy (non-hydrogen) atoms. The van der Waals surface area contributed by atoms with Crippen LogP contribution in [0, 0.1) is 6.92 Å². The molecule has 0 bridgehead atoms. The Morgan fingerprint density at radius 1 is 1.42 bits per heavy atom. The molecular weight excluding hydrogens is 248 g/mol. The van der Waals surface area contributed by atoms with Crippen LogP contribution in [-0.2, 0) is 4.74 Å². The summed E-state index contributed by atoms with van der Waals surface area (Å²) in [6.07, 6.45) is 1.33. The molecule has 0 aromatic carbocycles. The maximum Gasteiger partial charge on any atom is 0.341 e. The van der Waals surface area contributed by atoms with E-state index in [9.17, 15) is 4.79 Å². The van der Waals surface area contributed by atoms with E-state index in [0.29, 0.717) is 18.9 Å². The molecule has 1 fully saturated rings. The lowest BCUT2D eigenvalue weighted by Crippen LogP contribution is -2.37. The molecule has 3 heterocycles. The van der Waals surface area contributed by atoms with Crippen LogP contribution < -0.4 is 4.90 Å². The van der Waals surface area contributed by atoms with E-state index in [4.69, 9.17) is 9.84 Å². The summed E-state index contributed by atoms with van der Waals surface area (Å²) < 4.78 is 6.85. The van der Waals surface area contributed by atoms with E-state index in [1.165, 1.54) is 6.20 Å². The Labute approximate surface area is 109 Å². The van der Waals surface area contributed by atoms with Crippen LogP contribution in [0.5, 0.6) is 0 Å². The Morgan fingerprint density at radius 2 is 2.16 bits per heavy atom. The van der Waals surface area contributed by atoms with Gasteiger partial charge in [-0.1, -0.05) is 0 Å². The van der Waals surface area contributed by atoms with Crippen molar-refractivity contribution in [1.29, 1.82) is 0 Å². The van der Waals surface area contributed by atoms with Gasteiger partial charge in [-0.2, -0.15) is 5.10 Å². The van der Waals surface area contributed by atoms with Gasteiger partial charge in [-0.3, -0.25) is 0 Å². The first-order valence-corrected chi connectivity index (χ1v) is 6.08. The van der Waals surface area contributed by atoms with Gasteiger partial charge in [0.1, 0.15) is 11.4 Å². The summed E-state index contributed by atoms with van der Waals surface area (Å²) in [5.41, 5.74) is 1.37. The number of aromatic carboxylic acids is 1. The number of fused-ring (bicyclic) bond motifs is 1. The van der Waals surface area contributed by atoms with Crippen LogP contribution in [0.15, 0.2) is 12.3 Å². The number of hydrogen-bond donors (Lipinski definition) is 1. The fourth-order valence-corrected chi connectivity index (χ4v) is 2.20. The van der Waals surface area contributed by atoms with E-state index in [2.05, 4.69) is 15.0 Å². The molecular formula is C12H14N4O3. The van der Waals surface area contributed by atoms with Gasteiger partial charge in [0.2, 0.25) is 0 Å². The van der Waals surface area contributed by atoms with Gasteiger partial charge < -0.3 is 14.7 Å². The lowest BCUT2D eigenvalue weighted by atomic mass is 10.3. The number of hydrogen-bond acceptors (Lipinski definition) is 5. The molecule has 7 nitrogen and oxygen atoms in total. The number of nitrogens with zero attached hydrogens (tertiary/aromatic N) is 4. The van der Waals surface area contributed by atoms with Crippen molar-refractivity contribution in [3.05, 3.63) is 23.5 Å². The molecule has 2 aromatic rings. The number of carboxylic acid groups (broad SMARTS) is 1. The molecule has 2 aromatic heterocycles. The molecule has 100 valence electrons. The number of aromatic nitrogens is 3. The first kappa shape index (κ1) is 11.9. The van der Waals surface area contributed by atoms with Gasteiger partial charge in [-0.25, -0.2) is 14.3 Å². The second-order valence-electron chi connectivity index (χ2n) is 4.45. The lowest BCUT2D eigenvalue weighted by molar-refractivity contribution is 0.0698. The Kier molecular flexibility index (Phi) is 2.83. The van der Waals surface area contributed by atoms with E-state index in [1.807, 2.05) is 13.0 Å². The summed E-state index contributed by atoms with van der Waals surface area (Å²) in [5.74, 6) is -0.239. The van der Waals surface area contributed by atoms with Gasteiger partial charge in [0.05, 0.1) is 19.4 Å². The number of carbonyl (C=O) groups is 1. The average molecular weight is 262 g/mol. The van der Waals surface area contributed by atoms with Gasteiger partial charge in [-0.15, -0.1) is 0 Å². The van der Waals surface area contributed by atoms with Crippen LogP contribution in [-0.4, -0.2) is 52.0 Å². The van der Waals surface area contributed by atoms with Crippen molar-refractivity contribution in [3.63, 3.8) is 0 Å². The highest BCUT2D eigenvalue weighted by Gasteiger charge is 2.18. The Hall–Kier alpha value is -2.15. The van der Waals surface area contributed by atoms with Crippen molar-refractivity contribution in [1.82, 2.24) is 14.6 Å². The van der Waals surface area contributed by atoms with Crippen LogP contribution in [0.2, 0.25) is 0 Å². The molecule has 0 saturated carbocycles. The van der Waals surface area contributed by atoms with Crippen molar-refractivity contribution in [2.24, 2.45) is 0 Å². The monoisotopic (exact) mass is 262 g/mol. The molecule has 0 aliphatic carbocycles. The van der Waals surface area contributed by atoms with Crippen molar-refractivity contribution in [2.45, 2.75) is 6.92 Å². The van der Waals surface area contributed by atoms with Crippen LogP contribution in [0.3, 0.4) is 0 Å². The second kappa shape index (κ2) is 4.51. The third-order valence-corrected chi connectivity index (χ3v) is 3.20. The standard InChI is InChI=1S/C12H14N4O3/c1-8-6-10(15-2-4-19-5-3-15)14-11-9(12(17)18)7-13-16(8)11/h6-7H,2-5H2,1H3,(H,17,18). The maximum atomic E-state index is 11.1. The number of ether oxygens (including phenoxy) is 1. The summed E-state index contributed by atoms with van der Waals surface area (Å²) in [6, 6.07) is 1.91. The zero-order chi connectivity index (χ0) is 13.4. The van der Waals surface area contributed by atoms with E-state index < -0.39 is 5.97 Å². The minimum Gasteiger partial charge on any atom is -0.477 e. The van der Waals surface area contributed by atoms with Crippen molar-refractivity contribution >= 4 is 17.4 Å². The summed E-state index contributed by atoms with van der Waals surface area (Å²) in [5, 5.41) is 13.2. The minimum atomic E-state index is -1.01.